The lowest BCUT2D eigenvalue weighted by atomic mass is 10.0. The molecule has 0 aromatic carbocycles. The summed E-state index contributed by atoms with van der Waals surface area (Å²) in [5, 5.41) is 14.1. The number of nitrogens with one attached hydrogen (secondary N) is 1. The molecule has 0 heterocycles. The lowest BCUT2D eigenvalue weighted by Crippen LogP contribution is -2.46. The molecule has 0 bridgehead atoms. The van der Waals surface area contributed by atoms with Crippen LogP contribution < -0.4 is 5.32 Å². The van der Waals surface area contributed by atoms with Gasteiger partial charge in [-0.2, -0.15) is 0 Å². The molecule has 0 aromatic heterocycles. The molecule has 0 aliphatic carbocycles. The molecule has 446 valence electrons. The summed E-state index contributed by atoms with van der Waals surface area (Å²) in [5.74, 6) is -0.160. The quantitative estimate of drug-likeness (QED) is 0.0243. The molecule has 0 saturated heterocycles. The summed E-state index contributed by atoms with van der Waals surface area (Å²) in [6, 6.07) is -0.776. The molecule has 78 heavy (non-hydrogen) atoms. The predicted octanol–water partition coefficient (Wildman–Crippen LogP) is 19.9. The van der Waals surface area contributed by atoms with E-state index in [1.165, 1.54) is 96.3 Å². The summed E-state index contributed by atoms with van der Waals surface area (Å²) in [6.45, 7) is 4.76. The van der Waals surface area contributed by atoms with Crippen molar-refractivity contribution in [1.29, 1.82) is 0 Å². The SMILES string of the molecule is CC/C=C\C/C=C\C/C=C\C/C=C\C/C=C\C/C=C\C/C=C\C/C=C\C/C=C\C/C=C\C/C=C\CCCCCCCCCC(=O)NC(COP(=O)(O)OCC[N+](C)(C)C)C(O)CCCCCCCCCCCCCCCCC. The Labute approximate surface area is 481 Å². The number of nitrogens with zero attached hydrogens (tertiary/aromatic N) is 1. The molecule has 0 radical (unpaired) electrons. The Kier molecular flexibility index (Phi) is 55.8. The largest absolute Gasteiger partial charge is 0.472 e. The molecular formula is C69H120N2O6P+. The van der Waals surface area contributed by atoms with E-state index < -0.39 is 20.0 Å². The van der Waals surface area contributed by atoms with Crippen LogP contribution >= 0.6 is 7.82 Å². The van der Waals surface area contributed by atoms with E-state index in [9.17, 15) is 19.4 Å². The molecule has 0 aliphatic rings. The number of carbonyl (C=O) groups is 1. The van der Waals surface area contributed by atoms with Crippen molar-refractivity contribution in [2.75, 3.05) is 40.9 Å². The number of allylic oxidation sites excluding steroid dienone is 22. The van der Waals surface area contributed by atoms with Gasteiger partial charge in [0.05, 0.1) is 39.9 Å². The predicted molar refractivity (Wildman–Crippen MR) is 341 cm³/mol. The van der Waals surface area contributed by atoms with Crippen molar-refractivity contribution < 1.29 is 32.9 Å². The molecule has 8 nitrogen and oxygen atoms in total. The Morgan fingerprint density at radius 1 is 0.449 bits per heavy atom. The van der Waals surface area contributed by atoms with E-state index in [-0.39, 0.29) is 19.1 Å². The molecule has 9 heteroatoms. The van der Waals surface area contributed by atoms with Gasteiger partial charge in [0, 0.05) is 6.42 Å². The zero-order valence-corrected chi connectivity index (χ0v) is 51.7. The Balaban J connectivity index is 4.12. The van der Waals surface area contributed by atoms with Crippen LogP contribution in [0.2, 0.25) is 0 Å². The van der Waals surface area contributed by atoms with Crippen LogP contribution in [0.5, 0.6) is 0 Å². The molecule has 3 N–H and O–H groups in total. The van der Waals surface area contributed by atoms with E-state index in [0.29, 0.717) is 23.9 Å². The number of hydrogen-bond acceptors (Lipinski definition) is 5. The van der Waals surface area contributed by atoms with E-state index in [1.54, 1.807) is 0 Å². The molecule has 0 fully saturated rings. The minimum atomic E-state index is -4.33. The molecule has 0 spiro atoms. The number of quaternary nitrogens is 1. The number of hydrogen-bond donors (Lipinski definition) is 3. The fraction of sp³-hybridized carbons (Fsp3) is 0.667. The van der Waals surface area contributed by atoms with Crippen LogP contribution in [0.4, 0.5) is 0 Å². The van der Waals surface area contributed by atoms with E-state index in [4.69, 9.17) is 9.05 Å². The fourth-order valence-corrected chi connectivity index (χ4v) is 9.26. The van der Waals surface area contributed by atoms with Gasteiger partial charge in [0.2, 0.25) is 5.91 Å². The Morgan fingerprint density at radius 2 is 0.769 bits per heavy atom. The van der Waals surface area contributed by atoms with E-state index in [2.05, 4.69) is 153 Å². The first-order valence-electron chi connectivity index (χ1n) is 31.5. The van der Waals surface area contributed by atoms with E-state index in [0.717, 1.165) is 122 Å². The maximum absolute atomic E-state index is 13.0. The van der Waals surface area contributed by atoms with Gasteiger partial charge in [0.1, 0.15) is 13.2 Å². The maximum atomic E-state index is 13.0. The third-order valence-electron chi connectivity index (χ3n) is 13.4. The highest BCUT2D eigenvalue weighted by Gasteiger charge is 2.28. The average Bonchev–Trinajstić information content (AvgIpc) is 3.41. The van der Waals surface area contributed by atoms with Crippen LogP contribution in [-0.4, -0.2) is 73.4 Å². The smallest absolute Gasteiger partial charge is 0.391 e. The zero-order valence-electron chi connectivity index (χ0n) is 50.9. The van der Waals surface area contributed by atoms with Gasteiger partial charge in [-0.15, -0.1) is 0 Å². The van der Waals surface area contributed by atoms with Crippen molar-refractivity contribution in [3.63, 3.8) is 0 Å². The Hall–Kier alpha value is -3.36. The molecule has 0 aliphatic heterocycles. The Morgan fingerprint density at radius 3 is 1.13 bits per heavy atom. The van der Waals surface area contributed by atoms with Crippen molar-refractivity contribution in [2.45, 2.75) is 257 Å². The third kappa shape index (κ3) is 60.3. The van der Waals surface area contributed by atoms with Crippen molar-refractivity contribution >= 4 is 13.7 Å². The monoisotopic (exact) mass is 1100 g/mol. The van der Waals surface area contributed by atoms with Crippen molar-refractivity contribution in [1.82, 2.24) is 5.32 Å². The van der Waals surface area contributed by atoms with Crippen LogP contribution in [0.25, 0.3) is 0 Å². The first-order chi connectivity index (χ1) is 38.0. The number of phosphoric ester groups is 1. The number of rotatable bonds is 56. The first kappa shape index (κ1) is 74.6. The summed E-state index contributed by atoms with van der Waals surface area (Å²) in [6.07, 6.45) is 88.1. The van der Waals surface area contributed by atoms with Crippen LogP contribution in [0.15, 0.2) is 134 Å². The molecule has 0 saturated carbocycles. The van der Waals surface area contributed by atoms with Gasteiger partial charge in [0.15, 0.2) is 0 Å². The highest BCUT2D eigenvalue weighted by atomic mass is 31.2. The zero-order chi connectivity index (χ0) is 57.0. The summed E-state index contributed by atoms with van der Waals surface area (Å²) in [7, 11) is 1.59. The van der Waals surface area contributed by atoms with E-state index in [1.807, 2.05) is 21.1 Å². The van der Waals surface area contributed by atoms with Gasteiger partial charge in [-0.05, 0) is 96.3 Å². The lowest BCUT2D eigenvalue weighted by molar-refractivity contribution is -0.870. The van der Waals surface area contributed by atoms with Crippen LogP contribution in [-0.2, 0) is 18.4 Å². The third-order valence-corrected chi connectivity index (χ3v) is 14.4. The number of aliphatic hydroxyl groups excluding tert-OH is 1. The van der Waals surface area contributed by atoms with Gasteiger partial charge >= 0.3 is 7.82 Å². The molecule has 0 rings (SSSR count). The van der Waals surface area contributed by atoms with Gasteiger partial charge in [-0.1, -0.05) is 276 Å². The minimum absolute atomic E-state index is 0.0662. The number of unbranched alkanes of at least 4 members (excludes halogenated alkanes) is 21. The molecule has 3 atom stereocenters. The summed E-state index contributed by atoms with van der Waals surface area (Å²) in [5.41, 5.74) is 0. The van der Waals surface area contributed by atoms with Gasteiger partial charge < -0.3 is 19.8 Å². The second-order valence-corrected chi connectivity index (χ2v) is 23.5. The summed E-state index contributed by atoms with van der Waals surface area (Å²) < 4.78 is 23.8. The summed E-state index contributed by atoms with van der Waals surface area (Å²) >= 11 is 0. The minimum Gasteiger partial charge on any atom is -0.391 e. The van der Waals surface area contributed by atoms with Crippen LogP contribution in [0, 0.1) is 0 Å². The first-order valence-corrected chi connectivity index (χ1v) is 33.0. The van der Waals surface area contributed by atoms with Crippen LogP contribution in [0.3, 0.4) is 0 Å². The molecule has 0 aromatic rings. The molecule has 1 amide bonds. The maximum Gasteiger partial charge on any atom is 0.472 e. The lowest BCUT2D eigenvalue weighted by Gasteiger charge is -2.26. The number of likely N-dealkylation sites (N-methyl/N-ethyl adjacent to an activating group) is 1. The van der Waals surface area contributed by atoms with E-state index >= 15 is 0 Å². The standard InChI is InChI=1S/C69H119N2O6P/c1-6-8-10-12-14-16-18-20-22-23-24-25-26-27-28-29-30-31-32-33-34-35-36-37-38-39-40-41-42-43-44-45-46-47-49-51-53-55-57-59-61-63-69(73)70-67(66-77-78(74,75)76-65-64-71(3,4)5)68(72)62-60-58-56-54-52-50-48-21-19-17-15-13-11-9-7-2/h8,10,14,16,20,22,24-25,27-28,30-31,33-34,36-37,39-40,42-43,45-46,67-68,72H,6-7,9,11-13,15,17-19,21,23,26,29,32,35,38,41,44,47-66H2,1-5H3,(H-,70,73,74,75)/p+1/b10-8-,16-14-,22-20-,25-24-,28-27-,31-30-,34-33-,37-36-,40-39-,43-42-,46-45-. The molecule has 3 unspecified atom stereocenters. The Bertz CT molecular complexity index is 1730. The van der Waals surface area contributed by atoms with Crippen molar-refractivity contribution in [3.05, 3.63) is 134 Å². The van der Waals surface area contributed by atoms with Crippen molar-refractivity contribution in [2.24, 2.45) is 0 Å². The molecular weight excluding hydrogens is 984 g/mol. The second-order valence-electron chi connectivity index (χ2n) is 22.1. The van der Waals surface area contributed by atoms with Gasteiger partial charge in [-0.3, -0.25) is 13.8 Å². The topological polar surface area (TPSA) is 105 Å². The number of phosphoric acid groups is 1. The normalized spacial score (nSPS) is 14.7. The van der Waals surface area contributed by atoms with Gasteiger partial charge in [-0.25, -0.2) is 4.57 Å². The second kappa shape index (κ2) is 58.3. The fourth-order valence-electron chi connectivity index (χ4n) is 8.52. The number of carbonyl (C=O) groups excluding carboxylic acids is 1. The van der Waals surface area contributed by atoms with Crippen LogP contribution in [0.1, 0.15) is 245 Å². The number of aliphatic hydroxyl groups is 1. The summed E-state index contributed by atoms with van der Waals surface area (Å²) in [4.78, 5) is 23.3. The number of amides is 1. The van der Waals surface area contributed by atoms with Gasteiger partial charge in [0.25, 0.3) is 0 Å². The highest BCUT2D eigenvalue weighted by Crippen LogP contribution is 2.43. The highest BCUT2D eigenvalue weighted by molar-refractivity contribution is 7.47. The average molecular weight is 1100 g/mol. The van der Waals surface area contributed by atoms with Crippen molar-refractivity contribution in [3.8, 4) is 0 Å².